The van der Waals surface area contributed by atoms with Crippen molar-refractivity contribution in [2.75, 3.05) is 0 Å². The Morgan fingerprint density at radius 3 is 2.00 bits per heavy atom. The molecule has 1 aromatic carbocycles. The third kappa shape index (κ3) is 3.97. The molecule has 158 valence electrons. The van der Waals surface area contributed by atoms with E-state index in [0.717, 1.165) is 39.3 Å². The minimum atomic E-state index is -0.416. The lowest BCUT2D eigenvalue weighted by Gasteiger charge is -2.02. The van der Waals surface area contributed by atoms with E-state index < -0.39 is 5.97 Å². The number of ether oxygens (including phenoxy) is 1. The van der Waals surface area contributed by atoms with Gasteiger partial charge in [-0.15, -0.1) is 0 Å². The molecule has 0 saturated heterocycles. The molecule has 8 bridgehead atoms. The van der Waals surface area contributed by atoms with Gasteiger partial charge >= 0.3 is 5.97 Å². The van der Waals surface area contributed by atoms with Gasteiger partial charge in [0.25, 0.3) is 0 Å². The molecule has 6 heteroatoms. The summed E-state index contributed by atoms with van der Waals surface area (Å²) in [6.45, 7) is 0. The number of fused-ring (bicyclic) bond motifs is 8. The molecule has 0 radical (unpaired) electrons. The van der Waals surface area contributed by atoms with Gasteiger partial charge in [0.15, 0.2) is 5.75 Å². The Hall–Kier alpha value is -4.71. The number of carbonyl (C=O) groups is 1. The molecular formula is C27H18N4O2. The fourth-order valence-corrected chi connectivity index (χ4v) is 3.81. The smallest absolute Gasteiger partial charge is 0.343 e. The Balaban J connectivity index is 1.55. The summed E-state index contributed by atoms with van der Waals surface area (Å²) in [4.78, 5) is 28.7. The molecule has 0 spiro atoms. The summed E-state index contributed by atoms with van der Waals surface area (Å²) >= 11 is 0. The van der Waals surface area contributed by atoms with E-state index in [9.17, 15) is 4.79 Å². The second kappa shape index (κ2) is 7.76. The average Bonchev–Trinajstić information content (AvgIpc) is 3.60. The van der Waals surface area contributed by atoms with Crippen molar-refractivity contribution in [3.63, 3.8) is 0 Å². The Bertz CT molecular complexity index is 1610. The lowest BCUT2D eigenvalue weighted by molar-refractivity contribution is 0.0737. The number of nitrogens with zero attached hydrogens (tertiary/aromatic N) is 2. The number of aromatic amines is 2. The maximum Gasteiger partial charge on any atom is 0.343 e. The lowest BCUT2D eigenvalue weighted by Crippen LogP contribution is -2.07. The van der Waals surface area contributed by atoms with Gasteiger partial charge in [-0.25, -0.2) is 14.8 Å². The van der Waals surface area contributed by atoms with E-state index >= 15 is 0 Å². The monoisotopic (exact) mass is 430 g/mol. The van der Waals surface area contributed by atoms with Crippen LogP contribution in [-0.4, -0.2) is 25.9 Å². The minimum Gasteiger partial charge on any atom is -0.421 e. The zero-order valence-electron chi connectivity index (χ0n) is 17.4. The molecule has 2 N–H and O–H groups in total. The van der Waals surface area contributed by atoms with E-state index in [1.807, 2.05) is 85.0 Å². The number of carbonyl (C=O) groups excluding carboxylic acids is 1. The number of nitrogens with one attached hydrogen (secondary N) is 2. The fraction of sp³-hybridized carbons (Fsp3) is 0. The van der Waals surface area contributed by atoms with Crippen LogP contribution < -0.4 is 4.74 Å². The minimum absolute atomic E-state index is 0.416. The number of hydrogen-bond donors (Lipinski definition) is 2. The van der Waals surface area contributed by atoms with Crippen molar-refractivity contribution in [2.45, 2.75) is 0 Å². The Kier molecular flexibility index (Phi) is 4.47. The van der Waals surface area contributed by atoms with E-state index in [4.69, 9.17) is 4.74 Å². The molecule has 6 rings (SSSR count). The summed E-state index contributed by atoms with van der Waals surface area (Å²) in [5.41, 5.74) is 7.07. The van der Waals surface area contributed by atoms with Crippen LogP contribution in [0.15, 0.2) is 72.8 Å². The van der Waals surface area contributed by atoms with Gasteiger partial charge in [-0.3, -0.25) is 0 Å². The molecule has 5 heterocycles. The lowest BCUT2D eigenvalue weighted by atomic mass is 10.2. The summed E-state index contributed by atoms with van der Waals surface area (Å²) in [5, 5.41) is 0. The third-order valence-corrected chi connectivity index (χ3v) is 5.34. The zero-order chi connectivity index (χ0) is 22.2. The topological polar surface area (TPSA) is 83.7 Å². The van der Waals surface area contributed by atoms with Gasteiger partial charge in [-0.1, -0.05) is 18.2 Å². The van der Waals surface area contributed by atoms with E-state index in [1.54, 1.807) is 12.1 Å². The molecule has 0 fully saturated rings. The van der Waals surface area contributed by atoms with Crippen molar-refractivity contribution < 1.29 is 9.53 Å². The first-order chi connectivity index (χ1) is 16.2. The highest BCUT2D eigenvalue weighted by atomic mass is 16.5. The molecule has 3 aromatic heterocycles. The summed E-state index contributed by atoms with van der Waals surface area (Å²) < 4.78 is 5.75. The highest BCUT2D eigenvalue weighted by molar-refractivity contribution is 5.92. The van der Waals surface area contributed by atoms with Crippen LogP contribution in [0.25, 0.3) is 46.4 Å². The van der Waals surface area contributed by atoms with Crippen molar-refractivity contribution in [3.05, 3.63) is 101 Å². The zero-order valence-corrected chi connectivity index (χ0v) is 17.4. The molecule has 2 aliphatic heterocycles. The van der Waals surface area contributed by atoms with Crippen LogP contribution >= 0.6 is 0 Å². The predicted molar refractivity (Wildman–Crippen MR) is 130 cm³/mol. The molecule has 0 unspecified atom stereocenters. The first-order valence-corrected chi connectivity index (χ1v) is 10.5. The highest BCUT2D eigenvalue weighted by Gasteiger charge is 2.12. The van der Waals surface area contributed by atoms with Crippen molar-refractivity contribution in [3.8, 4) is 5.75 Å². The van der Waals surface area contributed by atoms with E-state index in [1.165, 1.54) is 0 Å². The normalized spacial score (nSPS) is 12.1. The molecule has 0 atom stereocenters. The molecule has 0 amide bonds. The molecule has 4 aromatic rings. The van der Waals surface area contributed by atoms with Gasteiger partial charge in [-0.2, -0.15) is 0 Å². The summed E-state index contributed by atoms with van der Waals surface area (Å²) in [6, 6.07) is 22.5. The number of rotatable bonds is 2. The van der Waals surface area contributed by atoms with E-state index in [-0.39, 0.29) is 0 Å². The number of H-pyrrole nitrogens is 2. The second-order valence-electron chi connectivity index (χ2n) is 7.79. The first-order valence-electron chi connectivity index (χ1n) is 10.5. The van der Waals surface area contributed by atoms with Gasteiger partial charge in [0.2, 0.25) is 0 Å². The quantitative estimate of drug-likeness (QED) is 0.336. The molecule has 0 aliphatic carbocycles. The number of benzene rings is 1. The molecular weight excluding hydrogens is 412 g/mol. The molecule has 6 nitrogen and oxygen atoms in total. The Morgan fingerprint density at radius 2 is 1.27 bits per heavy atom. The van der Waals surface area contributed by atoms with Crippen molar-refractivity contribution >= 4 is 52.3 Å². The fourth-order valence-electron chi connectivity index (χ4n) is 3.81. The maximum absolute atomic E-state index is 12.7. The van der Waals surface area contributed by atoms with E-state index in [2.05, 4.69) is 19.9 Å². The van der Waals surface area contributed by atoms with Crippen LogP contribution in [0.4, 0.5) is 0 Å². The van der Waals surface area contributed by atoms with Crippen LogP contribution in [0.5, 0.6) is 5.75 Å². The molecule has 33 heavy (non-hydrogen) atoms. The largest absolute Gasteiger partial charge is 0.421 e. The van der Waals surface area contributed by atoms with Gasteiger partial charge in [-0.05, 0) is 72.8 Å². The van der Waals surface area contributed by atoms with Crippen LogP contribution in [0, 0.1) is 0 Å². The maximum atomic E-state index is 12.7. The van der Waals surface area contributed by atoms with Crippen LogP contribution in [0.3, 0.4) is 0 Å². The summed E-state index contributed by atoms with van der Waals surface area (Å²) in [5.74, 6) is 0.0222. The van der Waals surface area contributed by atoms with Gasteiger partial charge in [0, 0.05) is 22.6 Å². The van der Waals surface area contributed by atoms with Crippen LogP contribution in [0.1, 0.15) is 33.1 Å². The number of hydrogen-bond acceptors (Lipinski definition) is 4. The number of aromatic nitrogens is 4. The van der Waals surface area contributed by atoms with Crippen LogP contribution in [0.2, 0.25) is 0 Å². The number of esters is 1. The summed E-state index contributed by atoms with van der Waals surface area (Å²) in [7, 11) is 0. The molecule has 0 saturated carbocycles. The average molecular weight is 430 g/mol. The standard InChI is InChI=1S/C27H18N4O2/c32-27(17-4-2-1-3-5-17)33-26-16-24-14-22-9-8-20(29-22)12-18-6-7-19(28-18)13-21-10-11-23(30-21)15-25(26)31-24/h1-16,29,31H. The third-order valence-electron chi connectivity index (χ3n) is 5.34. The van der Waals surface area contributed by atoms with Crippen molar-refractivity contribution in [2.24, 2.45) is 0 Å². The highest BCUT2D eigenvalue weighted by Crippen LogP contribution is 2.25. The predicted octanol–water partition coefficient (Wildman–Crippen LogP) is 5.87. The van der Waals surface area contributed by atoms with E-state index in [0.29, 0.717) is 16.8 Å². The Morgan fingerprint density at radius 1 is 0.636 bits per heavy atom. The SMILES string of the molecule is O=C(Oc1cc2cc3ccc(cc4nc(cc5nc(cc1[nH]2)C=C5)C=C4)[nH]3)c1ccccc1. The Labute approximate surface area is 189 Å². The summed E-state index contributed by atoms with van der Waals surface area (Å²) in [6.07, 6.45) is 7.80. The molecule has 2 aliphatic rings. The van der Waals surface area contributed by atoms with Crippen LogP contribution in [-0.2, 0) is 0 Å². The van der Waals surface area contributed by atoms with Crippen molar-refractivity contribution in [1.82, 2.24) is 19.9 Å². The first kappa shape index (κ1) is 19.0. The van der Waals surface area contributed by atoms with Gasteiger partial charge in [0.1, 0.15) is 0 Å². The van der Waals surface area contributed by atoms with Crippen molar-refractivity contribution in [1.29, 1.82) is 0 Å². The van der Waals surface area contributed by atoms with Gasteiger partial charge < -0.3 is 14.7 Å². The van der Waals surface area contributed by atoms with Gasteiger partial charge in [0.05, 0.1) is 33.9 Å². The second-order valence-corrected chi connectivity index (χ2v) is 7.79.